The highest BCUT2D eigenvalue weighted by molar-refractivity contribution is 7.18. The number of nitrogens with one attached hydrogen (secondary N) is 1. The molecule has 0 radical (unpaired) electrons. The van der Waals surface area contributed by atoms with Crippen LogP contribution in [0.5, 0.6) is 5.75 Å². The number of phenolic OH excluding ortho intramolecular Hbond substituents is 1. The molecule has 2 aromatic heterocycles. The molecule has 0 bridgehead atoms. The number of nitrogens with zero attached hydrogens (tertiary/aromatic N) is 1. The highest BCUT2D eigenvalue weighted by Crippen LogP contribution is 2.30. The van der Waals surface area contributed by atoms with Crippen LogP contribution in [0.2, 0.25) is 0 Å². The van der Waals surface area contributed by atoms with Crippen LogP contribution in [0.1, 0.15) is 29.3 Å². The molecule has 1 saturated heterocycles. The molecular weight excluding hydrogens is 372 g/mol. The molecular formula is C22H21N2O3S+. The largest absolute Gasteiger partial charge is 0.508 e. The van der Waals surface area contributed by atoms with Crippen molar-refractivity contribution in [3.63, 3.8) is 0 Å². The lowest BCUT2D eigenvalue weighted by molar-refractivity contribution is -0.919. The fraction of sp³-hybridized carbons (Fsp3) is 0.273. The topological polar surface area (TPSA) is 67.8 Å². The molecule has 3 heterocycles. The summed E-state index contributed by atoms with van der Waals surface area (Å²) in [5.41, 5.74) is 2.14. The van der Waals surface area contributed by atoms with Gasteiger partial charge in [-0.05, 0) is 37.1 Å². The minimum atomic E-state index is -0.368. The van der Waals surface area contributed by atoms with E-state index in [9.17, 15) is 9.90 Å². The fourth-order valence-corrected chi connectivity index (χ4v) is 5.32. The first-order valence-electron chi connectivity index (χ1n) is 9.60. The highest BCUT2D eigenvalue weighted by atomic mass is 32.1. The Balaban J connectivity index is 1.41. The number of aromatic nitrogens is 1. The van der Waals surface area contributed by atoms with E-state index in [0.717, 1.165) is 48.9 Å². The van der Waals surface area contributed by atoms with Crippen molar-refractivity contribution in [2.45, 2.75) is 25.3 Å². The van der Waals surface area contributed by atoms with Crippen LogP contribution < -0.4 is 10.5 Å². The maximum absolute atomic E-state index is 12.0. The molecule has 0 amide bonds. The zero-order valence-electron chi connectivity index (χ0n) is 15.4. The van der Waals surface area contributed by atoms with Gasteiger partial charge in [0.15, 0.2) is 0 Å². The quantitative estimate of drug-likeness (QED) is 0.525. The van der Waals surface area contributed by atoms with Gasteiger partial charge in [-0.25, -0.2) is 9.78 Å². The van der Waals surface area contributed by atoms with Crippen molar-refractivity contribution in [3.8, 4) is 5.75 Å². The van der Waals surface area contributed by atoms with Crippen LogP contribution in [0.3, 0.4) is 0 Å². The Bertz CT molecular complexity index is 1180. The minimum absolute atomic E-state index is 0.106. The lowest BCUT2D eigenvalue weighted by Gasteiger charge is -2.29. The van der Waals surface area contributed by atoms with E-state index in [1.165, 1.54) is 20.7 Å². The van der Waals surface area contributed by atoms with E-state index in [-0.39, 0.29) is 11.4 Å². The van der Waals surface area contributed by atoms with Crippen molar-refractivity contribution in [1.29, 1.82) is 0 Å². The second-order valence-electron chi connectivity index (χ2n) is 7.51. The average Bonchev–Trinajstić information content (AvgIpc) is 3.12. The van der Waals surface area contributed by atoms with E-state index in [4.69, 9.17) is 9.40 Å². The van der Waals surface area contributed by atoms with E-state index in [1.807, 2.05) is 12.1 Å². The highest BCUT2D eigenvalue weighted by Gasteiger charge is 2.27. The SMILES string of the molecule is O=c1cc(C[NH+]2CCC[C@H](c3nc4ccccc4s3)C2)c2ccc(O)cc2o1. The molecule has 2 aromatic carbocycles. The summed E-state index contributed by atoms with van der Waals surface area (Å²) in [6.45, 7) is 2.87. The third-order valence-corrected chi connectivity index (χ3v) is 6.73. The molecule has 1 aliphatic rings. The molecule has 1 unspecified atom stereocenters. The van der Waals surface area contributed by atoms with Crippen molar-refractivity contribution < 1.29 is 14.4 Å². The second-order valence-corrected chi connectivity index (χ2v) is 8.57. The Morgan fingerprint density at radius 3 is 3.00 bits per heavy atom. The molecule has 2 N–H and O–H groups in total. The van der Waals surface area contributed by atoms with E-state index in [0.29, 0.717) is 11.5 Å². The van der Waals surface area contributed by atoms with Gasteiger partial charge in [-0.1, -0.05) is 12.1 Å². The number of rotatable bonds is 3. The molecule has 5 rings (SSSR count). The molecule has 1 fully saturated rings. The number of hydrogen-bond acceptors (Lipinski definition) is 5. The smallest absolute Gasteiger partial charge is 0.336 e. The summed E-state index contributed by atoms with van der Waals surface area (Å²) < 4.78 is 6.51. The molecule has 28 heavy (non-hydrogen) atoms. The zero-order valence-corrected chi connectivity index (χ0v) is 16.2. The minimum Gasteiger partial charge on any atom is -0.508 e. The third kappa shape index (κ3) is 3.30. The van der Waals surface area contributed by atoms with Gasteiger partial charge in [0, 0.05) is 23.1 Å². The molecule has 0 saturated carbocycles. The Labute approximate surface area is 165 Å². The molecule has 2 atom stereocenters. The number of quaternary nitrogens is 1. The van der Waals surface area contributed by atoms with Gasteiger partial charge < -0.3 is 14.4 Å². The number of phenols is 1. The van der Waals surface area contributed by atoms with E-state index >= 15 is 0 Å². The molecule has 6 heteroatoms. The number of aromatic hydroxyl groups is 1. The summed E-state index contributed by atoms with van der Waals surface area (Å²) in [5.74, 6) is 0.561. The average molecular weight is 393 g/mol. The van der Waals surface area contributed by atoms with Crippen LogP contribution in [-0.4, -0.2) is 23.2 Å². The first-order valence-corrected chi connectivity index (χ1v) is 10.4. The van der Waals surface area contributed by atoms with Crippen LogP contribution in [0.4, 0.5) is 0 Å². The Hall–Kier alpha value is -2.70. The number of likely N-dealkylation sites (tertiary alicyclic amines) is 1. The monoisotopic (exact) mass is 393 g/mol. The first-order chi connectivity index (χ1) is 13.7. The summed E-state index contributed by atoms with van der Waals surface area (Å²) in [6.07, 6.45) is 2.31. The lowest BCUT2D eigenvalue weighted by atomic mass is 9.98. The van der Waals surface area contributed by atoms with Crippen molar-refractivity contribution in [3.05, 3.63) is 69.5 Å². The number of para-hydroxylation sites is 1. The Kier molecular flexibility index (Phi) is 4.37. The van der Waals surface area contributed by atoms with Gasteiger partial charge in [-0.2, -0.15) is 0 Å². The van der Waals surface area contributed by atoms with Crippen LogP contribution in [0.15, 0.2) is 57.7 Å². The van der Waals surface area contributed by atoms with Gasteiger partial charge in [-0.3, -0.25) is 0 Å². The van der Waals surface area contributed by atoms with Crippen molar-refractivity contribution >= 4 is 32.5 Å². The van der Waals surface area contributed by atoms with E-state index in [2.05, 4.69) is 18.2 Å². The van der Waals surface area contributed by atoms with Crippen LogP contribution in [-0.2, 0) is 6.54 Å². The molecule has 5 nitrogen and oxygen atoms in total. The molecule has 1 aliphatic heterocycles. The number of piperidine rings is 1. The van der Waals surface area contributed by atoms with Crippen LogP contribution in [0, 0.1) is 0 Å². The standard InChI is InChI=1S/C22H20N2O3S/c25-16-7-8-17-15(10-21(26)27-19(17)11-16)13-24-9-3-4-14(12-24)22-23-18-5-1-2-6-20(18)28-22/h1-2,5-8,10-11,14,25H,3-4,9,12-13H2/p+1/t14-/m0/s1. The molecule has 142 valence electrons. The summed E-state index contributed by atoms with van der Waals surface area (Å²) in [5, 5.41) is 11.8. The predicted octanol–water partition coefficient (Wildman–Crippen LogP) is 3.07. The Morgan fingerprint density at radius 1 is 1.21 bits per heavy atom. The predicted molar refractivity (Wildman–Crippen MR) is 110 cm³/mol. The third-order valence-electron chi connectivity index (χ3n) is 5.53. The van der Waals surface area contributed by atoms with Crippen molar-refractivity contribution in [1.82, 2.24) is 4.98 Å². The summed E-state index contributed by atoms with van der Waals surface area (Å²) in [6, 6.07) is 14.9. The fourth-order valence-electron chi connectivity index (χ4n) is 4.22. The van der Waals surface area contributed by atoms with Crippen LogP contribution in [0.25, 0.3) is 21.2 Å². The van der Waals surface area contributed by atoms with Gasteiger partial charge in [0.05, 0.1) is 29.2 Å². The number of hydrogen-bond donors (Lipinski definition) is 2. The van der Waals surface area contributed by atoms with Gasteiger partial charge in [0.1, 0.15) is 22.9 Å². The zero-order chi connectivity index (χ0) is 19.1. The molecule has 0 spiro atoms. The van der Waals surface area contributed by atoms with E-state index < -0.39 is 0 Å². The summed E-state index contributed by atoms with van der Waals surface area (Å²) >= 11 is 1.80. The van der Waals surface area contributed by atoms with Crippen molar-refractivity contribution in [2.75, 3.05) is 13.1 Å². The van der Waals surface area contributed by atoms with Gasteiger partial charge >= 0.3 is 5.63 Å². The lowest BCUT2D eigenvalue weighted by Crippen LogP contribution is -3.12. The first kappa shape index (κ1) is 17.4. The molecule has 0 aliphatic carbocycles. The Morgan fingerprint density at radius 2 is 2.11 bits per heavy atom. The maximum Gasteiger partial charge on any atom is 0.336 e. The van der Waals surface area contributed by atoms with E-state index in [1.54, 1.807) is 23.5 Å². The normalized spacial score (nSPS) is 20.0. The molecule has 4 aromatic rings. The van der Waals surface area contributed by atoms with Crippen molar-refractivity contribution in [2.24, 2.45) is 0 Å². The van der Waals surface area contributed by atoms with Gasteiger partial charge in [0.25, 0.3) is 0 Å². The summed E-state index contributed by atoms with van der Waals surface area (Å²) in [4.78, 5) is 18.3. The number of thiazole rings is 1. The number of fused-ring (bicyclic) bond motifs is 2. The van der Waals surface area contributed by atoms with Gasteiger partial charge in [0.2, 0.25) is 0 Å². The number of benzene rings is 2. The van der Waals surface area contributed by atoms with Gasteiger partial charge in [-0.15, -0.1) is 11.3 Å². The second kappa shape index (κ2) is 7.04. The summed E-state index contributed by atoms with van der Waals surface area (Å²) in [7, 11) is 0. The maximum atomic E-state index is 12.0. The van der Waals surface area contributed by atoms with Crippen LogP contribution >= 0.6 is 11.3 Å².